The monoisotopic (exact) mass is 320 g/mol. The van der Waals surface area contributed by atoms with Crippen LogP contribution in [0.1, 0.15) is 69.4 Å². The molecule has 1 aromatic rings. The summed E-state index contributed by atoms with van der Waals surface area (Å²) in [4.78, 5) is 12.3. The van der Waals surface area contributed by atoms with Crippen LogP contribution < -0.4 is 11.1 Å². The highest BCUT2D eigenvalue weighted by atomic mass is 19.1. The van der Waals surface area contributed by atoms with Gasteiger partial charge in [-0.25, -0.2) is 4.39 Å². The molecule has 0 radical (unpaired) electrons. The van der Waals surface area contributed by atoms with Gasteiger partial charge in [0.05, 0.1) is 6.04 Å². The van der Waals surface area contributed by atoms with E-state index in [1.165, 1.54) is 25.0 Å². The summed E-state index contributed by atoms with van der Waals surface area (Å²) < 4.78 is 13.2. The summed E-state index contributed by atoms with van der Waals surface area (Å²) in [7, 11) is 0. The van der Waals surface area contributed by atoms with Crippen LogP contribution in [0.15, 0.2) is 24.3 Å². The minimum absolute atomic E-state index is 0.0228. The lowest BCUT2D eigenvalue weighted by molar-refractivity contribution is -0.122. The molecule has 1 amide bonds. The number of carbonyl (C=O) groups excluding carboxylic acids is 1. The molecule has 0 saturated heterocycles. The number of nitrogens with one attached hydrogen (secondary N) is 1. The van der Waals surface area contributed by atoms with Crippen LogP contribution in [-0.2, 0) is 4.79 Å². The number of amides is 1. The van der Waals surface area contributed by atoms with Crippen LogP contribution in [0.2, 0.25) is 0 Å². The summed E-state index contributed by atoms with van der Waals surface area (Å²) in [5.41, 5.74) is 6.50. The molecule has 0 spiro atoms. The zero-order valence-corrected chi connectivity index (χ0v) is 13.9. The first-order valence-corrected chi connectivity index (χ1v) is 8.95. The van der Waals surface area contributed by atoms with Gasteiger partial charge in [0, 0.05) is 6.42 Å². The molecule has 0 bridgehead atoms. The van der Waals surface area contributed by atoms with E-state index in [0.717, 1.165) is 50.6 Å². The van der Waals surface area contributed by atoms with Gasteiger partial charge in [0.15, 0.2) is 0 Å². The van der Waals surface area contributed by atoms with Gasteiger partial charge >= 0.3 is 0 Å². The Hall–Kier alpha value is -1.42. The van der Waals surface area contributed by atoms with Gasteiger partial charge in [-0.3, -0.25) is 4.79 Å². The summed E-state index contributed by atoms with van der Waals surface area (Å²) in [5, 5.41) is 3.20. The van der Waals surface area contributed by atoms with Crippen LogP contribution >= 0.6 is 0 Å². The summed E-state index contributed by atoms with van der Waals surface area (Å²) in [6, 6.07) is 6.60. The molecular weight excluding hydrogens is 291 g/mol. The Morgan fingerprint density at radius 3 is 2.43 bits per heavy atom. The number of carbonyl (C=O) groups is 1. The quantitative estimate of drug-likeness (QED) is 0.674. The molecule has 1 aromatic carbocycles. The SMILES string of the molecule is NCCCCCCC(=O)NC(c1ccc(F)cc1)C1CCCC1. The number of halogens is 1. The van der Waals surface area contributed by atoms with Crippen LogP contribution in [0.4, 0.5) is 4.39 Å². The molecule has 3 nitrogen and oxygen atoms in total. The molecule has 0 heterocycles. The third kappa shape index (κ3) is 5.94. The number of unbranched alkanes of at least 4 members (excludes halogenated alkanes) is 3. The van der Waals surface area contributed by atoms with E-state index in [1.807, 2.05) is 0 Å². The maximum Gasteiger partial charge on any atom is 0.220 e. The standard InChI is InChI=1S/C19H29FN2O/c20-17-12-10-16(11-13-17)19(15-7-4-5-8-15)22-18(23)9-3-1-2-6-14-21/h10-13,15,19H,1-9,14,21H2,(H,22,23). The summed E-state index contributed by atoms with van der Waals surface area (Å²) >= 11 is 0. The maximum atomic E-state index is 13.2. The Kier molecular flexibility index (Phi) is 7.53. The predicted octanol–water partition coefficient (Wildman–Crippen LogP) is 4.08. The van der Waals surface area contributed by atoms with Gasteiger partial charge in [-0.15, -0.1) is 0 Å². The van der Waals surface area contributed by atoms with E-state index < -0.39 is 0 Å². The highest BCUT2D eigenvalue weighted by molar-refractivity contribution is 5.76. The van der Waals surface area contributed by atoms with Crippen LogP contribution in [0.25, 0.3) is 0 Å². The third-order valence-electron chi connectivity index (χ3n) is 4.77. The number of hydrogen-bond acceptors (Lipinski definition) is 2. The van der Waals surface area contributed by atoms with Gasteiger partial charge in [-0.2, -0.15) is 0 Å². The average molecular weight is 320 g/mol. The van der Waals surface area contributed by atoms with E-state index in [4.69, 9.17) is 5.73 Å². The van der Waals surface area contributed by atoms with Crippen molar-refractivity contribution >= 4 is 5.91 Å². The van der Waals surface area contributed by atoms with Crippen molar-refractivity contribution in [3.05, 3.63) is 35.6 Å². The van der Waals surface area contributed by atoms with E-state index in [2.05, 4.69) is 5.32 Å². The maximum absolute atomic E-state index is 13.2. The molecule has 0 aromatic heterocycles. The predicted molar refractivity (Wildman–Crippen MR) is 91.4 cm³/mol. The normalized spacial score (nSPS) is 16.4. The lowest BCUT2D eigenvalue weighted by Gasteiger charge is -2.25. The molecule has 2 rings (SSSR count). The molecule has 1 unspecified atom stereocenters. The highest BCUT2D eigenvalue weighted by Gasteiger charge is 2.27. The van der Waals surface area contributed by atoms with E-state index in [1.54, 1.807) is 12.1 Å². The van der Waals surface area contributed by atoms with Crippen LogP contribution in [0.3, 0.4) is 0 Å². The van der Waals surface area contributed by atoms with Gasteiger partial charge < -0.3 is 11.1 Å². The molecule has 3 N–H and O–H groups in total. The van der Waals surface area contributed by atoms with Crippen molar-refractivity contribution in [1.82, 2.24) is 5.32 Å². The third-order valence-corrected chi connectivity index (χ3v) is 4.77. The fourth-order valence-corrected chi connectivity index (χ4v) is 3.46. The molecule has 1 saturated carbocycles. The van der Waals surface area contributed by atoms with Gasteiger partial charge in [-0.1, -0.05) is 37.8 Å². The minimum atomic E-state index is -0.231. The summed E-state index contributed by atoms with van der Waals surface area (Å²) in [5.74, 6) is 0.353. The number of benzene rings is 1. The Balaban J connectivity index is 1.89. The lowest BCUT2D eigenvalue weighted by Crippen LogP contribution is -2.32. The highest BCUT2D eigenvalue weighted by Crippen LogP contribution is 2.35. The van der Waals surface area contributed by atoms with Crippen LogP contribution in [0.5, 0.6) is 0 Å². The van der Waals surface area contributed by atoms with Crippen LogP contribution in [0, 0.1) is 11.7 Å². The van der Waals surface area contributed by atoms with Gasteiger partial charge in [0.2, 0.25) is 5.91 Å². The summed E-state index contributed by atoms with van der Waals surface area (Å²) in [6.07, 6.45) is 9.36. The fraction of sp³-hybridized carbons (Fsp3) is 0.632. The van der Waals surface area contributed by atoms with Gasteiger partial charge in [0.25, 0.3) is 0 Å². The largest absolute Gasteiger partial charge is 0.349 e. The second kappa shape index (κ2) is 9.66. The topological polar surface area (TPSA) is 55.1 Å². The molecule has 1 aliphatic rings. The van der Waals surface area contributed by atoms with E-state index in [9.17, 15) is 9.18 Å². The van der Waals surface area contributed by atoms with Crippen molar-refractivity contribution in [3.63, 3.8) is 0 Å². The Labute approximate surface area is 138 Å². The number of hydrogen-bond donors (Lipinski definition) is 2. The van der Waals surface area contributed by atoms with Gasteiger partial charge in [-0.05, 0) is 55.8 Å². The first-order valence-electron chi connectivity index (χ1n) is 8.95. The van der Waals surface area contributed by atoms with Crippen molar-refractivity contribution in [1.29, 1.82) is 0 Å². The molecule has 1 atom stereocenters. The van der Waals surface area contributed by atoms with Crippen molar-refractivity contribution in [2.24, 2.45) is 11.7 Å². The molecular formula is C19H29FN2O. The van der Waals surface area contributed by atoms with E-state index in [-0.39, 0.29) is 17.8 Å². The van der Waals surface area contributed by atoms with Crippen molar-refractivity contribution < 1.29 is 9.18 Å². The van der Waals surface area contributed by atoms with E-state index in [0.29, 0.717) is 12.3 Å². The van der Waals surface area contributed by atoms with Crippen molar-refractivity contribution in [3.8, 4) is 0 Å². The molecule has 1 aliphatic carbocycles. The molecule has 1 fully saturated rings. The summed E-state index contributed by atoms with van der Waals surface area (Å²) in [6.45, 7) is 0.723. The van der Waals surface area contributed by atoms with E-state index >= 15 is 0 Å². The zero-order valence-electron chi connectivity index (χ0n) is 13.9. The Morgan fingerprint density at radius 1 is 1.13 bits per heavy atom. The first-order chi connectivity index (χ1) is 11.2. The Morgan fingerprint density at radius 2 is 1.78 bits per heavy atom. The minimum Gasteiger partial charge on any atom is -0.349 e. The number of nitrogens with two attached hydrogens (primary N) is 1. The van der Waals surface area contributed by atoms with Gasteiger partial charge in [0.1, 0.15) is 5.82 Å². The fourth-order valence-electron chi connectivity index (χ4n) is 3.46. The van der Waals surface area contributed by atoms with Crippen molar-refractivity contribution in [2.45, 2.75) is 63.8 Å². The lowest BCUT2D eigenvalue weighted by atomic mass is 9.91. The zero-order chi connectivity index (χ0) is 16.5. The first kappa shape index (κ1) is 17.9. The van der Waals surface area contributed by atoms with Crippen molar-refractivity contribution in [2.75, 3.05) is 6.54 Å². The Bertz CT molecular complexity index is 469. The van der Waals surface area contributed by atoms with Crippen LogP contribution in [-0.4, -0.2) is 12.5 Å². The molecule has 4 heteroatoms. The smallest absolute Gasteiger partial charge is 0.220 e. The number of rotatable bonds is 9. The second-order valence-corrected chi connectivity index (χ2v) is 6.59. The molecule has 23 heavy (non-hydrogen) atoms. The second-order valence-electron chi connectivity index (χ2n) is 6.59. The molecule has 128 valence electrons. The molecule has 0 aliphatic heterocycles. The average Bonchev–Trinajstić information content (AvgIpc) is 3.07.